The van der Waals surface area contributed by atoms with Crippen LogP contribution in [-0.4, -0.2) is 53.0 Å². The fraction of sp³-hybridized carbons (Fsp3) is 0.400. The van der Waals surface area contributed by atoms with Crippen molar-refractivity contribution in [3.8, 4) is 0 Å². The van der Waals surface area contributed by atoms with Crippen molar-refractivity contribution in [1.82, 2.24) is 0 Å². The van der Waals surface area contributed by atoms with E-state index in [1.807, 2.05) is 0 Å². The Morgan fingerprint density at radius 3 is 1.66 bits per heavy atom. The van der Waals surface area contributed by atoms with Gasteiger partial charge in [-0.2, -0.15) is 0 Å². The van der Waals surface area contributed by atoms with E-state index in [9.17, 15) is 34.3 Å². The van der Waals surface area contributed by atoms with E-state index in [0.717, 1.165) is 0 Å². The number of hydrogen-bond donors (Lipinski definition) is 3. The molecule has 164 valence electrons. The summed E-state index contributed by atoms with van der Waals surface area (Å²) in [5.41, 5.74) is -1.97. The van der Waals surface area contributed by atoms with Gasteiger partial charge < -0.3 is 15.3 Å². The highest BCUT2D eigenvalue weighted by Crippen LogP contribution is 2.50. The molecule has 0 radical (unpaired) electrons. The SMILES string of the molecule is C=CC(=O)OOP(=O)(OOC(=O)C=C)OOC(=O)C(=C)C(C)C(CO)(CO)CO. The second kappa shape index (κ2) is 12.2. The minimum absolute atomic E-state index is 0.431. The first kappa shape index (κ1) is 26.6. The van der Waals surface area contributed by atoms with Crippen LogP contribution in [0.2, 0.25) is 0 Å². The van der Waals surface area contributed by atoms with Crippen molar-refractivity contribution in [2.75, 3.05) is 19.8 Å². The van der Waals surface area contributed by atoms with Gasteiger partial charge in [0, 0.05) is 23.1 Å². The Bertz CT molecular complexity index is 645. The molecule has 0 bridgehead atoms. The molecule has 14 heteroatoms. The molecule has 1 unspecified atom stereocenters. The molecule has 0 saturated carbocycles. The molecule has 0 spiro atoms. The zero-order valence-corrected chi connectivity index (χ0v) is 16.2. The lowest BCUT2D eigenvalue weighted by Crippen LogP contribution is -2.42. The summed E-state index contributed by atoms with van der Waals surface area (Å²) in [6, 6.07) is 0. The quantitative estimate of drug-likeness (QED) is 0.142. The normalized spacial score (nSPS) is 12.4. The number of rotatable bonds is 14. The van der Waals surface area contributed by atoms with Crippen LogP contribution in [0, 0.1) is 11.3 Å². The maximum atomic E-state index is 12.2. The average Bonchev–Trinajstić information content (AvgIpc) is 2.75. The molecular formula is C15H21O13P. The van der Waals surface area contributed by atoms with Crippen LogP contribution < -0.4 is 0 Å². The first-order chi connectivity index (χ1) is 13.5. The Hall–Kier alpha value is -2.38. The van der Waals surface area contributed by atoms with E-state index in [-0.39, 0.29) is 0 Å². The smallest absolute Gasteiger partial charge is 0.396 e. The van der Waals surface area contributed by atoms with Gasteiger partial charge in [0.05, 0.1) is 19.8 Å². The highest BCUT2D eigenvalue weighted by molar-refractivity contribution is 7.48. The van der Waals surface area contributed by atoms with Crippen LogP contribution >= 0.6 is 7.82 Å². The lowest BCUT2D eigenvalue weighted by atomic mass is 9.74. The van der Waals surface area contributed by atoms with Gasteiger partial charge in [0.25, 0.3) is 0 Å². The molecule has 0 aromatic rings. The van der Waals surface area contributed by atoms with E-state index < -0.39 is 62.5 Å². The van der Waals surface area contributed by atoms with Gasteiger partial charge in [-0.15, -0.1) is 0 Å². The Balaban J connectivity index is 5.22. The van der Waals surface area contributed by atoms with E-state index in [1.165, 1.54) is 6.92 Å². The van der Waals surface area contributed by atoms with Gasteiger partial charge in [0.2, 0.25) is 0 Å². The second-order valence-electron chi connectivity index (χ2n) is 5.34. The first-order valence-electron chi connectivity index (χ1n) is 7.62. The van der Waals surface area contributed by atoms with E-state index in [2.05, 4.69) is 48.4 Å². The maximum absolute atomic E-state index is 12.2. The van der Waals surface area contributed by atoms with Gasteiger partial charge in [-0.25, -0.2) is 18.9 Å². The first-order valence-corrected chi connectivity index (χ1v) is 9.08. The van der Waals surface area contributed by atoms with Crippen molar-refractivity contribution in [3.05, 3.63) is 37.5 Å². The maximum Gasteiger partial charge on any atom is 0.584 e. The molecular weight excluding hydrogens is 419 g/mol. The van der Waals surface area contributed by atoms with Crippen LogP contribution in [0.1, 0.15) is 6.92 Å². The number of carbonyl (C=O) groups excluding carboxylic acids is 3. The van der Waals surface area contributed by atoms with Gasteiger partial charge in [0.15, 0.2) is 0 Å². The Morgan fingerprint density at radius 2 is 1.31 bits per heavy atom. The molecule has 3 N–H and O–H groups in total. The molecule has 13 nitrogen and oxygen atoms in total. The molecule has 0 rings (SSSR count). The van der Waals surface area contributed by atoms with E-state index in [1.54, 1.807) is 0 Å². The molecule has 0 aliphatic heterocycles. The van der Waals surface area contributed by atoms with E-state index in [4.69, 9.17) is 0 Å². The van der Waals surface area contributed by atoms with Crippen molar-refractivity contribution >= 4 is 25.7 Å². The molecule has 1 atom stereocenters. The third-order valence-electron chi connectivity index (χ3n) is 3.61. The summed E-state index contributed by atoms with van der Waals surface area (Å²) in [5, 5.41) is 28.2. The number of carbonyl (C=O) groups is 3. The minimum atomic E-state index is -5.15. The van der Waals surface area contributed by atoms with Crippen molar-refractivity contribution in [1.29, 1.82) is 0 Å². The van der Waals surface area contributed by atoms with Crippen molar-refractivity contribution in [2.45, 2.75) is 6.92 Å². The fourth-order valence-electron chi connectivity index (χ4n) is 1.51. The van der Waals surface area contributed by atoms with Crippen LogP contribution in [-0.2, 0) is 47.6 Å². The monoisotopic (exact) mass is 440 g/mol. The summed E-state index contributed by atoms with van der Waals surface area (Å²) in [4.78, 5) is 46.2. The van der Waals surface area contributed by atoms with E-state index in [0.29, 0.717) is 12.2 Å². The summed E-state index contributed by atoms with van der Waals surface area (Å²) < 4.78 is 24.5. The standard InChI is InChI=1S/C15H21O13P/c1-5-12(19)23-26-29(22,27-24-13(20)6-2)28-25-14(21)10(3)11(4)15(7-16,8-17)9-18/h5-6,11,16-18H,1-3,7-9H2,4H3. The molecule has 0 aliphatic carbocycles. The molecule has 0 aromatic heterocycles. The number of aliphatic hydroxyl groups excluding tert-OH is 3. The molecule has 0 saturated heterocycles. The fourth-order valence-corrected chi connectivity index (χ4v) is 2.07. The van der Waals surface area contributed by atoms with Gasteiger partial charge in [-0.1, -0.05) is 40.7 Å². The highest BCUT2D eigenvalue weighted by atomic mass is 31.2. The van der Waals surface area contributed by atoms with Crippen LogP contribution in [0.4, 0.5) is 0 Å². The van der Waals surface area contributed by atoms with Crippen molar-refractivity contribution < 1.29 is 63.0 Å². The van der Waals surface area contributed by atoms with Crippen LogP contribution in [0.5, 0.6) is 0 Å². The summed E-state index contributed by atoms with van der Waals surface area (Å²) in [7, 11) is -5.15. The third-order valence-corrected chi connectivity index (χ3v) is 4.38. The Labute approximate surface area is 165 Å². The summed E-state index contributed by atoms with van der Waals surface area (Å²) in [6.07, 6.45) is 1.21. The minimum Gasteiger partial charge on any atom is -0.396 e. The van der Waals surface area contributed by atoms with Gasteiger partial charge in [-0.3, -0.25) is 14.7 Å². The topological polar surface area (TPSA) is 184 Å². The lowest BCUT2D eigenvalue weighted by molar-refractivity contribution is -0.292. The predicted molar refractivity (Wildman–Crippen MR) is 91.5 cm³/mol. The highest BCUT2D eigenvalue weighted by Gasteiger charge is 2.41. The zero-order valence-electron chi connectivity index (χ0n) is 15.3. The number of hydrogen-bond acceptors (Lipinski definition) is 13. The van der Waals surface area contributed by atoms with Crippen LogP contribution in [0.3, 0.4) is 0 Å². The molecule has 0 aromatic carbocycles. The van der Waals surface area contributed by atoms with Gasteiger partial charge >= 0.3 is 25.7 Å². The summed E-state index contributed by atoms with van der Waals surface area (Å²) >= 11 is 0. The predicted octanol–water partition coefficient (Wildman–Crippen LogP) is 0.0465. The van der Waals surface area contributed by atoms with Crippen molar-refractivity contribution in [3.63, 3.8) is 0 Å². The van der Waals surface area contributed by atoms with Gasteiger partial charge in [0.1, 0.15) is 0 Å². The number of phosphoric acid groups is 1. The number of aliphatic hydroxyl groups is 3. The summed E-state index contributed by atoms with van der Waals surface area (Å²) in [5.74, 6) is -4.95. The van der Waals surface area contributed by atoms with Crippen LogP contribution in [0.25, 0.3) is 0 Å². The Morgan fingerprint density at radius 1 is 0.931 bits per heavy atom. The largest absolute Gasteiger partial charge is 0.584 e. The van der Waals surface area contributed by atoms with Gasteiger partial charge in [-0.05, 0) is 5.92 Å². The van der Waals surface area contributed by atoms with Crippen LogP contribution in [0.15, 0.2) is 37.5 Å². The zero-order chi connectivity index (χ0) is 22.7. The summed E-state index contributed by atoms with van der Waals surface area (Å²) in [6.45, 7) is 8.63. The average molecular weight is 440 g/mol. The third kappa shape index (κ3) is 7.87. The Kier molecular flexibility index (Phi) is 11.2. The molecule has 0 heterocycles. The van der Waals surface area contributed by atoms with Crippen molar-refractivity contribution in [2.24, 2.45) is 11.3 Å². The lowest BCUT2D eigenvalue weighted by Gasteiger charge is -2.34. The molecule has 0 aliphatic rings. The molecule has 29 heavy (non-hydrogen) atoms. The molecule has 0 fully saturated rings. The second-order valence-corrected chi connectivity index (χ2v) is 6.68. The van der Waals surface area contributed by atoms with E-state index >= 15 is 0 Å². The molecule has 0 amide bonds.